The van der Waals surface area contributed by atoms with E-state index in [1.54, 1.807) is 0 Å². The first-order valence-electron chi connectivity index (χ1n) is 10.3. The number of fused-ring (bicyclic) bond motifs is 4. The van der Waals surface area contributed by atoms with Gasteiger partial charge in [0.2, 0.25) is 0 Å². The molecule has 1 heteroatoms. The summed E-state index contributed by atoms with van der Waals surface area (Å²) in [6, 6.07) is 38.9. The molecule has 5 aromatic carbocycles. The Morgan fingerprint density at radius 1 is 0.467 bits per heavy atom. The predicted octanol–water partition coefficient (Wildman–Crippen LogP) is 8.00. The molecule has 0 aliphatic rings. The highest BCUT2D eigenvalue weighted by molar-refractivity contribution is 6.06. The van der Waals surface area contributed by atoms with Gasteiger partial charge in [0.05, 0.1) is 0 Å². The highest BCUT2D eigenvalue weighted by Crippen LogP contribution is 2.32. The fourth-order valence-electron chi connectivity index (χ4n) is 4.31. The largest absolute Gasteiger partial charge is 0.456 e. The van der Waals surface area contributed by atoms with E-state index >= 15 is 0 Å². The first kappa shape index (κ1) is 17.1. The van der Waals surface area contributed by atoms with Crippen LogP contribution in [0.3, 0.4) is 0 Å². The number of hydrogen-bond donors (Lipinski definition) is 0. The van der Waals surface area contributed by atoms with Gasteiger partial charge in [-0.25, -0.2) is 0 Å². The molecule has 1 heterocycles. The maximum Gasteiger partial charge on any atom is 0.135 e. The van der Waals surface area contributed by atoms with E-state index in [1.807, 2.05) is 12.1 Å². The van der Waals surface area contributed by atoms with Crippen LogP contribution >= 0.6 is 0 Å². The van der Waals surface area contributed by atoms with Gasteiger partial charge in [-0.05, 0) is 57.6 Å². The van der Waals surface area contributed by atoms with Crippen LogP contribution in [0.15, 0.2) is 114 Å². The Balaban J connectivity index is 1.31. The molecule has 0 fully saturated rings. The zero-order valence-corrected chi connectivity index (χ0v) is 16.5. The Morgan fingerprint density at radius 2 is 1.17 bits per heavy atom. The van der Waals surface area contributed by atoms with Crippen LogP contribution in [0.25, 0.3) is 43.8 Å². The number of benzene rings is 5. The van der Waals surface area contributed by atoms with Crippen LogP contribution in [-0.4, -0.2) is 0 Å². The van der Waals surface area contributed by atoms with Crippen molar-refractivity contribution in [1.82, 2.24) is 0 Å². The third-order valence-corrected chi connectivity index (χ3v) is 5.89. The van der Waals surface area contributed by atoms with Gasteiger partial charge in [0.15, 0.2) is 0 Å². The summed E-state index contributed by atoms with van der Waals surface area (Å²) in [4.78, 5) is 0. The SMILES string of the molecule is c1ccc2cc(Cc3ccc(-c4ccc5oc6ccccc6c5c4)cc3)ccc2c1. The molecule has 142 valence electrons. The topological polar surface area (TPSA) is 13.1 Å². The van der Waals surface area contributed by atoms with E-state index in [9.17, 15) is 0 Å². The summed E-state index contributed by atoms with van der Waals surface area (Å²) in [6.45, 7) is 0. The molecule has 0 atom stereocenters. The van der Waals surface area contributed by atoms with Crippen molar-refractivity contribution in [3.8, 4) is 11.1 Å². The maximum absolute atomic E-state index is 5.96. The van der Waals surface area contributed by atoms with E-state index in [4.69, 9.17) is 4.42 Å². The van der Waals surface area contributed by atoms with Gasteiger partial charge in [-0.3, -0.25) is 0 Å². The van der Waals surface area contributed by atoms with E-state index < -0.39 is 0 Å². The third-order valence-electron chi connectivity index (χ3n) is 5.89. The summed E-state index contributed by atoms with van der Waals surface area (Å²) in [5, 5.41) is 4.93. The van der Waals surface area contributed by atoms with E-state index in [2.05, 4.69) is 97.1 Å². The van der Waals surface area contributed by atoms with Gasteiger partial charge in [0, 0.05) is 10.8 Å². The fourth-order valence-corrected chi connectivity index (χ4v) is 4.31. The molecule has 0 saturated carbocycles. The van der Waals surface area contributed by atoms with Gasteiger partial charge >= 0.3 is 0 Å². The van der Waals surface area contributed by atoms with Crippen molar-refractivity contribution in [2.75, 3.05) is 0 Å². The molecule has 0 aliphatic heterocycles. The predicted molar refractivity (Wildman–Crippen MR) is 126 cm³/mol. The highest BCUT2D eigenvalue weighted by atomic mass is 16.3. The Bertz CT molecular complexity index is 1500. The quantitative estimate of drug-likeness (QED) is 0.301. The van der Waals surface area contributed by atoms with E-state index in [1.165, 1.54) is 43.8 Å². The Morgan fingerprint density at radius 3 is 2.07 bits per heavy atom. The number of furan rings is 1. The first-order chi connectivity index (χ1) is 14.8. The summed E-state index contributed by atoms with van der Waals surface area (Å²) in [5.41, 5.74) is 6.98. The van der Waals surface area contributed by atoms with E-state index in [-0.39, 0.29) is 0 Å². The highest BCUT2D eigenvalue weighted by Gasteiger charge is 2.08. The number of para-hydroxylation sites is 1. The molecule has 0 bridgehead atoms. The second-order valence-corrected chi connectivity index (χ2v) is 7.86. The molecule has 0 radical (unpaired) electrons. The zero-order valence-electron chi connectivity index (χ0n) is 16.5. The van der Waals surface area contributed by atoms with Gasteiger partial charge in [0.25, 0.3) is 0 Å². The Hall–Kier alpha value is -3.84. The van der Waals surface area contributed by atoms with E-state index in [0.29, 0.717) is 0 Å². The molecular formula is C29H20O. The number of hydrogen-bond acceptors (Lipinski definition) is 1. The van der Waals surface area contributed by atoms with Crippen LogP contribution in [0, 0.1) is 0 Å². The van der Waals surface area contributed by atoms with Gasteiger partial charge in [-0.1, -0.05) is 91.0 Å². The van der Waals surface area contributed by atoms with Crippen molar-refractivity contribution < 1.29 is 4.42 Å². The Labute approximate surface area is 175 Å². The van der Waals surface area contributed by atoms with Gasteiger partial charge in [-0.15, -0.1) is 0 Å². The molecule has 1 nitrogen and oxygen atoms in total. The minimum Gasteiger partial charge on any atom is -0.456 e. The summed E-state index contributed by atoms with van der Waals surface area (Å²) in [6.07, 6.45) is 0.941. The van der Waals surface area contributed by atoms with Crippen molar-refractivity contribution in [2.45, 2.75) is 6.42 Å². The smallest absolute Gasteiger partial charge is 0.135 e. The molecule has 0 N–H and O–H groups in total. The van der Waals surface area contributed by atoms with Crippen LogP contribution in [-0.2, 0) is 6.42 Å². The van der Waals surface area contributed by atoms with Gasteiger partial charge in [-0.2, -0.15) is 0 Å². The fraction of sp³-hybridized carbons (Fsp3) is 0.0345. The molecule has 6 rings (SSSR count). The average Bonchev–Trinajstić information content (AvgIpc) is 3.17. The van der Waals surface area contributed by atoms with Crippen molar-refractivity contribution in [3.05, 3.63) is 120 Å². The molecule has 6 aromatic rings. The summed E-state index contributed by atoms with van der Waals surface area (Å²) in [7, 11) is 0. The number of rotatable bonds is 3. The van der Waals surface area contributed by atoms with Crippen LogP contribution in [0.2, 0.25) is 0 Å². The molecule has 0 aliphatic carbocycles. The summed E-state index contributed by atoms with van der Waals surface area (Å²) in [5.74, 6) is 0. The Kier molecular flexibility index (Phi) is 3.92. The lowest BCUT2D eigenvalue weighted by Crippen LogP contribution is -1.88. The normalized spacial score (nSPS) is 11.5. The summed E-state index contributed by atoms with van der Waals surface area (Å²) >= 11 is 0. The minimum absolute atomic E-state index is 0.938. The van der Waals surface area contributed by atoms with Crippen LogP contribution in [0.1, 0.15) is 11.1 Å². The van der Waals surface area contributed by atoms with Crippen molar-refractivity contribution in [3.63, 3.8) is 0 Å². The molecule has 0 unspecified atom stereocenters. The molecule has 1 aromatic heterocycles. The molecule has 30 heavy (non-hydrogen) atoms. The van der Waals surface area contributed by atoms with Crippen molar-refractivity contribution in [2.24, 2.45) is 0 Å². The standard InChI is InChI=1S/C29H20O/c1-2-6-24-18-21(11-14-22(24)5-1)17-20-9-12-23(13-10-20)25-15-16-29-27(19-25)26-7-3-4-8-28(26)30-29/h1-16,18-19H,17H2. The maximum atomic E-state index is 5.96. The van der Waals surface area contributed by atoms with Gasteiger partial charge in [0.1, 0.15) is 11.2 Å². The van der Waals surface area contributed by atoms with E-state index in [0.717, 1.165) is 17.6 Å². The monoisotopic (exact) mass is 384 g/mol. The van der Waals surface area contributed by atoms with Gasteiger partial charge < -0.3 is 4.42 Å². The van der Waals surface area contributed by atoms with Crippen molar-refractivity contribution >= 4 is 32.7 Å². The lowest BCUT2D eigenvalue weighted by atomic mass is 9.98. The molecule has 0 spiro atoms. The molecule has 0 amide bonds. The second kappa shape index (κ2) is 6.89. The van der Waals surface area contributed by atoms with Crippen LogP contribution in [0.5, 0.6) is 0 Å². The average molecular weight is 384 g/mol. The first-order valence-corrected chi connectivity index (χ1v) is 10.3. The van der Waals surface area contributed by atoms with Crippen LogP contribution in [0.4, 0.5) is 0 Å². The zero-order chi connectivity index (χ0) is 19.9. The van der Waals surface area contributed by atoms with Crippen LogP contribution < -0.4 is 0 Å². The molecular weight excluding hydrogens is 364 g/mol. The minimum atomic E-state index is 0.938. The molecule has 0 saturated heterocycles. The third kappa shape index (κ3) is 2.96. The lowest BCUT2D eigenvalue weighted by molar-refractivity contribution is 0.669. The summed E-state index contributed by atoms with van der Waals surface area (Å²) < 4.78 is 5.96. The second-order valence-electron chi connectivity index (χ2n) is 7.86. The van der Waals surface area contributed by atoms with Crippen molar-refractivity contribution in [1.29, 1.82) is 0 Å². The lowest BCUT2D eigenvalue weighted by Gasteiger charge is -2.07.